The number of aliphatic hydroxyl groups is 1. The van der Waals surface area contributed by atoms with Gasteiger partial charge in [-0.3, -0.25) is 4.90 Å². The molecule has 2 heterocycles. The monoisotopic (exact) mass is 393 g/mol. The van der Waals surface area contributed by atoms with Crippen molar-refractivity contribution in [1.82, 2.24) is 15.1 Å². The van der Waals surface area contributed by atoms with E-state index in [1.165, 1.54) is 16.7 Å². The molecule has 2 amide bonds. The number of nitrogens with one attached hydrogen (secondary N) is 1. The molecule has 5 heteroatoms. The third-order valence-corrected chi connectivity index (χ3v) is 6.15. The Bertz CT molecular complexity index is 811. The molecule has 2 aromatic carbocycles. The molecule has 0 radical (unpaired) electrons. The standard InChI is InChI=1S/C24H31N3O2/c28-23(18-26-14-12-20-9-4-5-10-21(20)16-26)15-25-24(29)27-13-6-11-22(17-27)19-7-2-1-3-8-19/h1-5,7-10,22-23,28H,6,11-18H2,(H,25,29)/t22-,23-/m0/s1. The molecule has 2 atom stereocenters. The van der Waals surface area contributed by atoms with Crippen LogP contribution in [0.15, 0.2) is 54.6 Å². The molecule has 1 fully saturated rings. The first-order valence-corrected chi connectivity index (χ1v) is 10.7. The number of hydrogen-bond donors (Lipinski definition) is 2. The molecule has 29 heavy (non-hydrogen) atoms. The zero-order valence-corrected chi connectivity index (χ0v) is 17.0. The predicted molar refractivity (Wildman–Crippen MR) is 115 cm³/mol. The van der Waals surface area contributed by atoms with Gasteiger partial charge in [-0.2, -0.15) is 0 Å². The first kappa shape index (κ1) is 19.9. The Balaban J connectivity index is 1.23. The maximum atomic E-state index is 12.6. The minimum atomic E-state index is -0.557. The van der Waals surface area contributed by atoms with E-state index in [0.717, 1.165) is 45.4 Å². The van der Waals surface area contributed by atoms with Gasteiger partial charge in [-0.05, 0) is 36.0 Å². The van der Waals surface area contributed by atoms with Gasteiger partial charge in [0, 0.05) is 45.2 Å². The Morgan fingerprint density at radius 1 is 1.07 bits per heavy atom. The number of rotatable bonds is 5. The summed E-state index contributed by atoms with van der Waals surface area (Å²) in [5, 5.41) is 13.4. The van der Waals surface area contributed by atoms with Crippen molar-refractivity contribution < 1.29 is 9.90 Å². The molecule has 0 aliphatic carbocycles. The summed E-state index contributed by atoms with van der Waals surface area (Å²) in [4.78, 5) is 16.8. The number of likely N-dealkylation sites (tertiary alicyclic amines) is 1. The molecule has 5 nitrogen and oxygen atoms in total. The Labute approximate surface area is 173 Å². The van der Waals surface area contributed by atoms with Gasteiger partial charge in [-0.1, -0.05) is 54.6 Å². The predicted octanol–water partition coefficient (Wildman–Crippen LogP) is 2.99. The van der Waals surface area contributed by atoms with Gasteiger partial charge in [0.25, 0.3) is 0 Å². The Morgan fingerprint density at radius 3 is 2.66 bits per heavy atom. The summed E-state index contributed by atoms with van der Waals surface area (Å²) in [5.41, 5.74) is 4.05. The number of aliphatic hydroxyl groups excluding tert-OH is 1. The first-order chi connectivity index (χ1) is 14.2. The van der Waals surface area contributed by atoms with Crippen LogP contribution in [0.4, 0.5) is 4.79 Å². The molecule has 0 aromatic heterocycles. The number of hydrogen-bond acceptors (Lipinski definition) is 3. The lowest BCUT2D eigenvalue weighted by atomic mass is 9.91. The van der Waals surface area contributed by atoms with Gasteiger partial charge in [-0.25, -0.2) is 4.79 Å². The van der Waals surface area contributed by atoms with E-state index in [0.29, 0.717) is 19.0 Å². The van der Waals surface area contributed by atoms with Crippen molar-refractivity contribution in [3.8, 4) is 0 Å². The van der Waals surface area contributed by atoms with Crippen LogP contribution >= 0.6 is 0 Å². The summed E-state index contributed by atoms with van der Waals surface area (Å²) in [5.74, 6) is 0.397. The normalized spacial score (nSPS) is 20.7. The highest BCUT2D eigenvalue weighted by Gasteiger charge is 2.25. The third kappa shape index (κ3) is 5.17. The van der Waals surface area contributed by atoms with Crippen molar-refractivity contribution in [2.24, 2.45) is 0 Å². The summed E-state index contributed by atoms with van der Waals surface area (Å²) in [6, 6.07) is 18.9. The van der Waals surface area contributed by atoms with Gasteiger partial charge in [-0.15, -0.1) is 0 Å². The van der Waals surface area contributed by atoms with E-state index in [1.54, 1.807) is 0 Å². The fourth-order valence-electron chi connectivity index (χ4n) is 4.55. The van der Waals surface area contributed by atoms with Crippen LogP contribution < -0.4 is 5.32 Å². The number of carbonyl (C=O) groups is 1. The average Bonchev–Trinajstić information content (AvgIpc) is 2.78. The van der Waals surface area contributed by atoms with E-state index in [1.807, 2.05) is 11.0 Å². The number of urea groups is 1. The van der Waals surface area contributed by atoms with Gasteiger partial charge in [0.1, 0.15) is 0 Å². The molecule has 2 aliphatic heterocycles. The number of β-amino-alcohol motifs (C(OH)–C–C–N with tert-alkyl or cyclic N) is 1. The van der Waals surface area contributed by atoms with Crippen molar-refractivity contribution in [1.29, 1.82) is 0 Å². The third-order valence-electron chi connectivity index (χ3n) is 6.15. The second-order valence-electron chi connectivity index (χ2n) is 8.29. The zero-order chi connectivity index (χ0) is 20.1. The highest BCUT2D eigenvalue weighted by molar-refractivity contribution is 5.74. The zero-order valence-electron chi connectivity index (χ0n) is 17.0. The van der Waals surface area contributed by atoms with Crippen LogP contribution in [0.25, 0.3) is 0 Å². The summed E-state index contributed by atoms with van der Waals surface area (Å²) >= 11 is 0. The van der Waals surface area contributed by atoms with Crippen molar-refractivity contribution in [3.63, 3.8) is 0 Å². The van der Waals surface area contributed by atoms with Crippen molar-refractivity contribution in [2.45, 2.75) is 37.8 Å². The van der Waals surface area contributed by atoms with Crippen LogP contribution in [0.3, 0.4) is 0 Å². The average molecular weight is 394 g/mol. The fourth-order valence-corrected chi connectivity index (χ4v) is 4.55. The highest BCUT2D eigenvalue weighted by atomic mass is 16.3. The fraction of sp³-hybridized carbons (Fsp3) is 0.458. The quantitative estimate of drug-likeness (QED) is 0.821. The number of amides is 2. The minimum absolute atomic E-state index is 0.0614. The molecule has 4 rings (SSSR count). The molecule has 2 aromatic rings. The van der Waals surface area contributed by atoms with Gasteiger partial charge >= 0.3 is 6.03 Å². The molecule has 0 unspecified atom stereocenters. The van der Waals surface area contributed by atoms with E-state index in [2.05, 4.69) is 58.7 Å². The molecule has 0 spiro atoms. The highest BCUT2D eigenvalue weighted by Crippen LogP contribution is 2.26. The molecule has 0 bridgehead atoms. The van der Waals surface area contributed by atoms with Gasteiger partial charge in [0.15, 0.2) is 0 Å². The smallest absolute Gasteiger partial charge is 0.317 e. The summed E-state index contributed by atoms with van der Waals surface area (Å²) < 4.78 is 0. The van der Waals surface area contributed by atoms with Crippen LogP contribution in [-0.4, -0.2) is 59.8 Å². The molecular formula is C24H31N3O2. The Kier molecular flexibility index (Phi) is 6.47. The Morgan fingerprint density at radius 2 is 1.83 bits per heavy atom. The molecule has 2 N–H and O–H groups in total. The van der Waals surface area contributed by atoms with Crippen LogP contribution in [-0.2, 0) is 13.0 Å². The number of carbonyl (C=O) groups excluding carboxylic acids is 1. The van der Waals surface area contributed by atoms with E-state index in [4.69, 9.17) is 0 Å². The summed E-state index contributed by atoms with van der Waals surface area (Å²) in [6.45, 7) is 4.23. The molecule has 0 saturated carbocycles. The van der Waals surface area contributed by atoms with E-state index in [-0.39, 0.29) is 6.03 Å². The van der Waals surface area contributed by atoms with Gasteiger partial charge in [0.2, 0.25) is 0 Å². The van der Waals surface area contributed by atoms with Gasteiger partial charge in [0.05, 0.1) is 6.10 Å². The van der Waals surface area contributed by atoms with E-state index < -0.39 is 6.10 Å². The van der Waals surface area contributed by atoms with Crippen LogP contribution in [0.5, 0.6) is 0 Å². The topological polar surface area (TPSA) is 55.8 Å². The maximum absolute atomic E-state index is 12.6. The second kappa shape index (κ2) is 9.42. The molecular weight excluding hydrogens is 362 g/mol. The Hall–Kier alpha value is -2.37. The lowest BCUT2D eigenvalue weighted by Gasteiger charge is -2.34. The van der Waals surface area contributed by atoms with Crippen molar-refractivity contribution in [3.05, 3.63) is 71.3 Å². The van der Waals surface area contributed by atoms with Crippen LogP contribution in [0, 0.1) is 0 Å². The molecule has 2 aliphatic rings. The minimum Gasteiger partial charge on any atom is -0.390 e. The number of benzene rings is 2. The summed E-state index contributed by atoms with van der Waals surface area (Å²) in [7, 11) is 0. The first-order valence-electron chi connectivity index (χ1n) is 10.7. The summed E-state index contributed by atoms with van der Waals surface area (Å²) in [6.07, 6.45) is 2.60. The maximum Gasteiger partial charge on any atom is 0.317 e. The van der Waals surface area contributed by atoms with E-state index in [9.17, 15) is 9.90 Å². The van der Waals surface area contributed by atoms with Crippen molar-refractivity contribution in [2.75, 3.05) is 32.7 Å². The largest absolute Gasteiger partial charge is 0.390 e. The van der Waals surface area contributed by atoms with Crippen LogP contribution in [0.1, 0.15) is 35.4 Å². The van der Waals surface area contributed by atoms with Crippen molar-refractivity contribution >= 4 is 6.03 Å². The number of fused-ring (bicyclic) bond motifs is 1. The van der Waals surface area contributed by atoms with Crippen LogP contribution in [0.2, 0.25) is 0 Å². The molecule has 1 saturated heterocycles. The lowest BCUT2D eigenvalue weighted by molar-refractivity contribution is 0.102. The second-order valence-corrected chi connectivity index (χ2v) is 8.29. The lowest BCUT2D eigenvalue weighted by Crippen LogP contribution is -2.48. The number of nitrogens with zero attached hydrogens (tertiary/aromatic N) is 2. The SMILES string of the molecule is O=C(NC[C@H](O)CN1CCc2ccccc2C1)N1CCC[C@H](c2ccccc2)C1. The van der Waals surface area contributed by atoms with Gasteiger partial charge < -0.3 is 15.3 Å². The van der Waals surface area contributed by atoms with E-state index >= 15 is 0 Å². The molecule has 154 valence electrons. The number of piperidine rings is 1.